The van der Waals surface area contributed by atoms with E-state index < -0.39 is 5.97 Å². The zero-order valence-electron chi connectivity index (χ0n) is 12.8. The summed E-state index contributed by atoms with van der Waals surface area (Å²) in [7, 11) is 1.90. The van der Waals surface area contributed by atoms with Crippen LogP contribution in [0.5, 0.6) is 5.75 Å². The zero-order valence-corrected chi connectivity index (χ0v) is 12.8. The summed E-state index contributed by atoms with van der Waals surface area (Å²) in [5.41, 5.74) is 0.970. The summed E-state index contributed by atoms with van der Waals surface area (Å²) in [4.78, 5) is 23.1. The van der Waals surface area contributed by atoms with E-state index >= 15 is 0 Å². The van der Waals surface area contributed by atoms with Crippen molar-refractivity contribution in [1.82, 2.24) is 5.32 Å². The Balaban J connectivity index is 1.94. The molecule has 0 saturated carbocycles. The maximum Gasteiger partial charge on any atom is 0.363 e. The third kappa shape index (κ3) is 4.01. The van der Waals surface area contributed by atoms with Crippen LogP contribution in [0.2, 0.25) is 0 Å². The van der Waals surface area contributed by atoms with Crippen LogP contribution in [0.1, 0.15) is 35.7 Å². The average Bonchev–Trinajstić information content (AvgIpc) is 2.51. The first kappa shape index (κ1) is 16.4. The molecule has 2 N–H and O–H groups in total. The number of nitrogens with one attached hydrogen (secondary N) is 1. The van der Waals surface area contributed by atoms with Crippen molar-refractivity contribution in [3.63, 3.8) is 0 Å². The molecule has 0 bridgehead atoms. The zero-order chi connectivity index (χ0) is 16.1. The van der Waals surface area contributed by atoms with Crippen molar-refractivity contribution >= 4 is 19.4 Å². The molecule has 0 spiro atoms. The molecule has 118 valence electrons. The molecule has 2 rings (SSSR count). The summed E-state index contributed by atoms with van der Waals surface area (Å²) in [5.74, 6) is -0.779. The fraction of sp³-hybridized carbons (Fsp3) is 0.467. The standard InChI is InChI=1S/C15H20BNO5/c1-9(21-2)6-7-13(18)17-12-8-10-4-3-5-11(15(19)20)14(10)22-16-12/h3-5,9,12,16H,6-8H2,1-2H3,(H,17,18)(H,19,20). The number of carboxylic acid groups (broad SMARTS) is 1. The lowest BCUT2D eigenvalue weighted by molar-refractivity contribution is -0.122. The lowest BCUT2D eigenvalue weighted by atomic mass is 9.79. The van der Waals surface area contributed by atoms with Crippen LogP contribution in [0.3, 0.4) is 0 Å². The summed E-state index contributed by atoms with van der Waals surface area (Å²) in [5, 5.41) is 12.1. The van der Waals surface area contributed by atoms with E-state index in [0.717, 1.165) is 5.56 Å². The number of aromatic carboxylic acids is 1. The molecule has 1 aliphatic heterocycles. The molecule has 1 amide bonds. The highest BCUT2D eigenvalue weighted by Gasteiger charge is 2.26. The number of benzene rings is 1. The van der Waals surface area contributed by atoms with Gasteiger partial charge in [0.15, 0.2) is 0 Å². The first-order chi connectivity index (χ1) is 10.5. The Hall–Kier alpha value is -2.02. The highest BCUT2D eigenvalue weighted by Crippen LogP contribution is 2.28. The van der Waals surface area contributed by atoms with Crippen molar-refractivity contribution in [1.29, 1.82) is 0 Å². The Morgan fingerprint density at radius 1 is 1.55 bits per heavy atom. The first-order valence-corrected chi connectivity index (χ1v) is 7.31. The van der Waals surface area contributed by atoms with Crippen molar-refractivity contribution in [3.8, 4) is 5.75 Å². The fourth-order valence-electron chi connectivity index (χ4n) is 2.44. The number of methoxy groups -OCH3 is 1. The number of hydrogen-bond donors (Lipinski definition) is 2. The van der Waals surface area contributed by atoms with Gasteiger partial charge in [0.1, 0.15) is 5.75 Å². The number of amides is 1. The third-order valence-corrected chi connectivity index (χ3v) is 3.77. The van der Waals surface area contributed by atoms with Gasteiger partial charge in [-0.1, -0.05) is 12.1 Å². The largest absolute Gasteiger partial charge is 0.561 e. The predicted molar refractivity (Wildman–Crippen MR) is 82.5 cm³/mol. The van der Waals surface area contributed by atoms with Gasteiger partial charge in [-0.15, -0.1) is 0 Å². The molecule has 0 saturated heterocycles. The Morgan fingerprint density at radius 3 is 3.00 bits per heavy atom. The lowest BCUT2D eigenvalue weighted by Crippen LogP contribution is -2.45. The van der Waals surface area contributed by atoms with Gasteiger partial charge in [0.05, 0.1) is 11.7 Å². The smallest absolute Gasteiger partial charge is 0.363 e. The summed E-state index contributed by atoms with van der Waals surface area (Å²) in [6, 6.07) is 5.04. The van der Waals surface area contributed by atoms with Gasteiger partial charge in [-0.25, -0.2) is 4.79 Å². The van der Waals surface area contributed by atoms with Gasteiger partial charge in [0, 0.05) is 19.5 Å². The van der Waals surface area contributed by atoms with Crippen LogP contribution in [0.15, 0.2) is 18.2 Å². The summed E-state index contributed by atoms with van der Waals surface area (Å²) >= 11 is 0. The number of rotatable bonds is 6. The molecule has 1 aromatic rings. The predicted octanol–water partition coefficient (Wildman–Crippen LogP) is 0.929. The van der Waals surface area contributed by atoms with E-state index in [9.17, 15) is 9.59 Å². The maximum atomic E-state index is 11.9. The second-order valence-electron chi connectivity index (χ2n) is 5.46. The average molecular weight is 305 g/mol. The molecule has 1 heterocycles. The fourth-order valence-corrected chi connectivity index (χ4v) is 2.44. The molecule has 7 heteroatoms. The number of ether oxygens (including phenoxy) is 1. The number of carbonyl (C=O) groups is 2. The van der Waals surface area contributed by atoms with Crippen LogP contribution in [0.4, 0.5) is 0 Å². The Labute approximate surface area is 130 Å². The molecule has 1 aliphatic rings. The SMILES string of the molecule is COC(C)CCC(=O)NC1BOc2c(cccc2C(=O)O)C1. The van der Waals surface area contributed by atoms with E-state index in [-0.39, 0.29) is 31.0 Å². The molecule has 0 aromatic heterocycles. The van der Waals surface area contributed by atoms with Crippen LogP contribution >= 0.6 is 0 Å². The van der Waals surface area contributed by atoms with Crippen molar-refractivity contribution in [2.24, 2.45) is 0 Å². The molecule has 0 aliphatic carbocycles. The van der Waals surface area contributed by atoms with Crippen LogP contribution in [0.25, 0.3) is 0 Å². The van der Waals surface area contributed by atoms with E-state index in [1.54, 1.807) is 13.2 Å². The highest BCUT2D eigenvalue weighted by atomic mass is 16.5. The number of hydrogen-bond acceptors (Lipinski definition) is 4. The van der Waals surface area contributed by atoms with E-state index in [1.807, 2.05) is 13.0 Å². The van der Waals surface area contributed by atoms with Crippen molar-refractivity contribution in [3.05, 3.63) is 29.3 Å². The maximum absolute atomic E-state index is 11.9. The van der Waals surface area contributed by atoms with Crippen molar-refractivity contribution in [2.75, 3.05) is 7.11 Å². The topological polar surface area (TPSA) is 84.9 Å². The highest BCUT2D eigenvalue weighted by molar-refractivity contribution is 6.32. The van der Waals surface area contributed by atoms with Gasteiger partial charge in [-0.05, 0) is 31.4 Å². The quantitative estimate of drug-likeness (QED) is 0.764. The van der Waals surface area contributed by atoms with E-state index in [4.69, 9.17) is 14.5 Å². The molecule has 22 heavy (non-hydrogen) atoms. The van der Waals surface area contributed by atoms with E-state index in [1.165, 1.54) is 6.07 Å². The minimum absolute atomic E-state index is 0.0460. The Bertz CT molecular complexity index is 563. The van der Waals surface area contributed by atoms with E-state index in [0.29, 0.717) is 25.0 Å². The molecule has 6 nitrogen and oxygen atoms in total. The van der Waals surface area contributed by atoms with Crippen molar-refractivity contribution < 1.29 is 24.1 Å². The second-order valence-corrected chi connectivity index (χ2v) is 5.46. The molecule has 0 radical (unpaired) electrons. The van der Waals surface area contributed by atoms with Gasteiger partial charge in [-0.2, -0.15) is 0 Å². The number of para-hydroxylation sites is 1. The summed E-state index contributed by atoms with van der Waals surface area (Å²) in [6.07, 6.45) is 1.68. The van der Waals surface area contributed by atoms with Gasteiger partial charge in [0.2, 0.25) is 5.91 Å². The lowest BCUT2D eigenvalue weighted by Gasteiger charge is -2.26. The monoisotopic (exact) mass is 305 g/mol. The molecular formula is C15H20BNO5. The molecule has 2 unspecified atom stereocenters. The Morgan fingerprint density at radius 2 is 2.32 bits per heavy atom. The molecule has 1 aromatic carbocycles. The normalized spacial score (nSPS) is 17.6. The minimum Gasteiger partial charge on any atom is -0.561 e. The van der Waals surface area contributed by atoms with Crippen LogP contribution < -0.4 is 9.97 Å². The summed E-state index contributed by atoms with van der Waals surface area (Å²) < 4.78 is 10.7. The summed E-state index contributed by atoms with van der Waals surface area (Å²) in [6.45, 7) is 1.92. The third-order valence-electron chi connectivity index (χ3n) is 3.77. The van der Waals surface area contributed by atoms with E-state index in [2.05, 4.69) is 5.32 Å². The number of carboxylic acids is 1. The molecule has 2 atom stereocenters. The Kier molecular flexibility index (Phi) is 5.43. The number of carbonyl (C=O) groups excluding carboxylic acids is 1. The van der Waals surface area contributed by atoms with Crippen LogP contribution in [-0.4, -0.2) is 43.6 Å². The minimum atomic E-state index is -1.01. The van der Waals surface area contributed by atoms with Gasteiger partial charge < -0.3 is 19.8 Å². The number of fused-ring (bicyclic) bond motifs is 1. The van der Waals surface area contributed by atoms with Gasteiger partial charge in [0.25, 0.3) is 0 Å². The molecule has 0 fully saturated rings. The van der Waals surface area contributed by atoms with Crippen molar-refractivity contribution in [2.45, 2.75) is 38.2 Å². The van der Waals surface area contributed by atoms with Gasteiger partial charge >= 0.3 is 13.5 Å². The molecular weight excluding hydrogens is 285 g/mol. The first-order valence-electron chi connectivity index (χ1n) is 7.31. The van der Waals surface area contributed by atoms with Crippen LogP contribution in [0, 0.1) is 0 Å². The second kappa shape index (κ2) is 7.31. The van der Waals surface area contributed by atoms with Crippen LogP contribution in [-0.2, 0) is 16.0 Å². The van der Waals surface area contributed by atoms with Gasteiger partial charge in [-0.3, -0.25) is 4.79 Å².